The van der Waals surface area contributed by atoms with Crippen LogP contribution in [0.3, 0.4) is 0 Å². The molecule has 2 aliphatic rings. The van der Waals surface area contributed by atoms with Gasteiger partial charge in [0, 0.05) is 5.57 Å². The summed E-state index contributed by atoms with van der Waals surface area (Å²) in [5.41, 5.74) is 3.94. The Morgan fingerprint density at radius 3 is 2.80 bits per heavy atom. The summed E-state index contributed by atoms with van der Waals surface area (Å²) in [6.45, 7) is 8.89. The normalized spacial score (nSPS) is 26.0. The summed E-state index contributed by atoms with van der Waals surface area (Å²) in [5.74, 6) is 0.509. The van der Waals surface area contributed by atoms with Gasteiger partial charge < -0.3 is 0 Å². The lowest BCUT2D eigenvalue weighted by atomic mass is 9.72. The highest BCUT2D eigenvalue weighted by molar-refractivity contribution is 6.04. The van der Waals surface area contributed by atoms with Gasteiger partial charge >= 0.3 is 0 Å². The van der Waals surface area contributed by atoms with Crippen LogP contribution in [0.25, 0.3) is 0 Å². The third kappa shape index (κ3) is 3.20. The van der Waals surface area contributed by atoms with E-state index in [4.69, 9.17) is 0 Å². The van der Waals surface area contributed by atoms with E-state index in [1.54, 1.807) is 6.08 Å². The molecule has 0 spiro atoms. The molecule has 1 heteroatoms. The minimum absolute atomic E-state index is 0.170. The van der Waals surface area contributed by atoms with Crippen molar-refractivity contribution in [3.8, 4) is 0 Å². The van der Waals surface area contributed by atoms with E-state index in [0.29, 0.717) is 5.92 Å². The van der Waals surface area contributed by atoms with Crippen molar-refractivity contribution in [2.75, 3.05) is 0 Å². The minimum Gasteiger partial charge on any atom is -0.290 e. The molecular formula is C19H26O. The quantitative estimate of drug-likeness (QED) is 0.647. The van der Waals surface area contributed by atoms with Crippen molar-refractivity contribution in [1.29, 1.82) is 0 Å². The van der Waals surface area contributed by atoms with Crippen molar-refractivity contribution in [2.45, 2.75) is 53.4 Å². The average molecular weight is 270 g/mol. The third-order valence-electron chi connectivity index (χ3n) is 4.66. The largest absolute Gasteiger partial charge is 0.290 e. The van der Waals surface area contributed by atoms with Crippen LogP contribution in [0.1, 0.15) is 53.4 Å². The number of ketones is 1. The van der Waals surface area contributed by atoms with Gasteiger partial charge in [0.2, 0.25) is 0 Å². The molecule has 0 bridgehead atoms. The number of hydrogen-bond acceptors (Lipinski definition) is 1. The third-order valence-corrected chi connectivity index (χ3v) is 4.66. The lowest BCUT2D eigenvalue weighted by molar-refractivity contribution is -0.111. The molecule has 1 nitrogen and oxygen atoms in total. The first-order valence-electron chi connectivity index (χ1n) is 7.71. The second-order valence-electron chi connectivity index (χ2n) is 6.82. The number of rotatable bonds is 3. The fraction of sp³-hybridized carbons (Fsp3) is 0.526. The van der Waals surface area contributed by atoms with Crippen molar-refractivity contribution < 1.29 is 4.79 Å². The van der Waals surface area contributed by atoms with E-state index in [1.165, 1.54) is 30.4 Å². The molecule has 0 aromatic carbocycles. The van der Waals surface area contributed by atoms with E-state index in [-0.39, 0.29) is 11.2 Å². The van der Waals surface area contributed by atoms with Crippen molar-refractivity contribution in [2.24, 2.45) is 11.3 Å². The van der Waals surface area contributed by atoms with Crippen LogP contribution in [0.15, 0.2) is 47.1 Å². The molecule has 0 N–H and O–H groups in total. The molecule has 0 aliphatic heterocycles. The first kappa shape index (κ1) is 15.0. The molecule has 0 saturated carbocycles. The second kappa shape index (κ2) is 5.95. The molecular weight excluding hydrogens is 244 g/mol. The van der Waals surface area contributed by atoms with Gasteiger partial charge in [0.15, 0.2) is 5.78 Å². The molecule has 1 unspecified atom stereocenters. The Balaban J connectivity index is 2.18. The topological polar surface area (TPSA) is 17.1 Å². The highest BCUT2D eigenvalue weighted by Crippen LogP contribution is 2.40. The predicted octanol–water partition coefficient (Wildman–Crippen LogP) is 5.16. The fourth-order valence-corrected chi connectivity index (χ4v) is 3.34. The maximum atomic E-state index is 12.4. The van der Waals surface area contributed by atoms with Crippen molar-refractivity contribution in [3.63, 3.8) is 0 Å². The molecule has 20 heavy (non-hydrogen) atoms. The van der Waals surface area contributed by atoms with Crippen LogP contribution in [0.5, 0.6) is 0 Å². The fourth-order valence-electron chi connectivity index (χ4n) is 3.34. The Labute approximate surface area is 123 Å². The molecule has 2 rings (SSSR count). The zero-order valence-corrected chi connectivity index (χ0v) is 13.2. The van der Waals surface area contributed by atoms with Gasteiger partial charge in [0.1, 0.15) is 0 Å². The zero-order valence-electron chi connectivity index (χ0n) is 13.2. The Morgan fingerprint density at radius 1 is 1.40 bits per heavy atom. The standard InChI is InChI=1S/C19H26O/c1-14-8-5-6-10-16(14)18(20)12-11-17-15(2)9-7-13-19(17,3)4/h5-6,10-12,14H,7-9,13H2,1-4H3/b12-11+. The van der Waals surface area contributed by atoms with Crippen LogP contribution in [0.2, 0.25) is 0 Å². The SMILES string of the molecule is CC1=C(/C=C/C(=O)C2=CC=CCC2C)C(C)(C)CCC1. The summed E-state index contributed by atoms with van der Waals surface area (Å²) in [5, 5.41) is 0. The summed E-state index contributed by atoms with van der Waals surface area (Å²) in [4.78, 5) is 12.4. The van der Waals surface area contributed by atoms with Gasteiger partial charge in [-0.25, -0.2) is 0 Å². The van der Waals surface area contributed by atoms with E-state index in [0.717, 1.165) is 12.0 Å². The smallest absolute Gasteiger partial charge is 0.182 e. The van der Waals surface area contributed by atoms with Gasteiger partial charge in [-0.3, -0.25) is 4.79 Å². The van der Waals surface area contributed by atoms with E-state index in [1.807, 2.05) is 12.2 Å². The van der Waals surface area contributed by atoms with Crippen molar-refractivity contribution in [1.82, 2.24) is 0 Å². The molecule has 0 aromatic rings. The second-order valence-corrected chi connectivity index (χ2v) is 6.82. The molecule has 0 amide bonds. The lowest BCUT2D eigenvalue weighted by Gasteiger charge is -2.32. The maximum Gasteiger partial charge on any atom is 0.182 e. The highest BCUT2D eigenvalue weighted by Gasteiger charge is 2.26. The van der Waals surface area contributed by atoms with E-state index >= 15 is 0 Å². The molecule has 0 saturated heterocycles. The average Bonchev–Trinajstić information content (AvgIpc) is 2.37. The molecule has 2 aliphatic carbocycles. The van der Waals surface area contributed by atoms with Crippen LogP contribution in [0, 0.1) is 11.3 Å². The Bertz CT molecular complexity index is 512. The molecule has 0 fully saturated rings. The van der Waals surface area contributed by atoms with E-state index in [9.17, 15) is 4.79 Å². The van der Waals surface area contributed by atoms with Gasteiger partial charge in [-0.15, -0.1) is 0 Å². The zero-order chi connectivity index (χ0) is 14.8. The summed E-state index contributed by atoms with van der Waals surface area (Å²) >= 11 is 0. The minimum atomic E-state index is 0.170. The van der Waals surface area contributed by atoms with Crippen LogP contribution >= 0.6 is 0 Å². The van der Waals surface area contributed by atoms with Gasteiger partial charge in [-0.2, -0.15) is 0 Å². The number of carbonyl (C=O) groups excluding carboxylic acids is 1. The Kier molecular flexibility index (Phi) is 4.47. The first-order valence-corrected chi connectivity index (χ1v) is 7.71. The summed E-state index contributed by atoms with van der Waals surface area (Å²) in [6, 6.07) is 0. The van der Waals surface area contributed by atoms with Gasteiger partial charge in [0.25, 0.3) is 0 Å². The van der Waals surface area contributed by atoms with Crippen LogP contribution in [-0.2, 0) is 4.79 Å². The Morgan fingerprint density at radius 2 is 2.15 bits per heavy atom. The molecule has 0 aromatic heterocycles. The Hall–Kier alpha value is -1.37. The number of allylic oxidation sites excluding steroid dienone is 8. The monoisotopic (exact) mass is 270 g/mol. The van der Waals surface area contributed by atoms with Gasteiger partial charge in [-0.1, -0.05) is 50.6 Å². The van der Waals surface area contributed by atoms with E-state index < -0.39 is 0 Å². The van der Waals surface area contributed by atoms with Crippen LogP contribution in [-0.4, -0.2) is 5.78 Å². The van der Waals surface area contributed by atoms with Crippen molar-refractivity contribution >= 4 is 5.78 Å². The van der Waals surface area contributed by atoms with Crippen LogP contribution in [0.4, 0.5) is 0 Å². The number of carbonyl (C=O) groups is 1. The molecule has 1 atom stereocenters. The highest BCUT2D eigenvalue weighted by atomic mass is 16.1. The van der Waals surface area contributed by atoms with Crippen LogP contribution < -0.4 is 0 Å². The summed E-state index contributed by atoms with van der Waals surface area (Å²) < 4.78 is 0. The molecule has 0 heterocycles. The van der Waals surface area contributed by atoms with E-state index in [2.05, 4.69) is 39.8 Å². The van der Waals surface area contributed by atoms with Gasteiger partial charge in [-0.05, 0) is 55.6 Å². The summed E-state index contributed by atoms with van der Waals surface area (Å²) in [6.07, 6.45) is 14.6. The molecule has 0 radical (unpaired) electrons. The lowest BCUT2D eigenvalue weighted by Crippen LogP contribution is -2.19. The number of hydrogen-bond donors (Lipinski definition) is 0. The maximum absolute atomic E-state index is 12.4. The van der Waals surface area contributed by atoms with Gasteiger partial charge in [0.05, 0.1) is 0 Å². The first-order chi connectivity index (χ1) is 9.42. The molecule has 108 valence electrons. The summed E-state index contributed by atoms with van der Waals surface area (Å²) in [7, 11) is 0. The van der Waals surface area contributed by atoms with Crippen molar-refractivity contribution in [3.05, 3.63) is 47.1 Å². The predicted molar refractivity (Wildman–Crippen MR) is 85.5 cm³/mol.